The lowest BCUT2D eigenvalue weighted by Gasteiger charge is -2.10. The number of rotatable bonds is 5. The fraction of sp³-hybridized carbons (Fsp3) is 0.500. The number of nitrogens with one attached hydrogen (secondary N) is 1. The normalized spacial score (nSPS) is 18.8. The van der Waals surface area contributed by atoms with Crippen LogP contribution in [0.4, 0.5) is 10.1 Å². The summed E-state index contributed by atoms with van der Waals surface area (Å²) in [6.45, 7) is 2.33. The first-order valence-electron chi connectivity index (χ1n) is 5.94. The third-order valence-electron chi connectivity index (χ3n) is 3.06. The van der Waals surface area contributed by atoms with Crippen LogP contribution in [0.3, 0.4) is 0 Å². The molecule has 1 aromatic rings. The molecule has 18 heavy (non-hydrogen) atoms. The quantitative estimate of drug-likeness (QED) is 0.645. The first-order valence-corrected chi connectivity index (χ1v) is 5.94. The van der Waals surface area contributed by atoms with Gasteiger partial charge in [0.05, 0.1) is 11.5 Å². The molecule has 5 nitrogen and oxygen atoms in total. The van der Waals surface area contributed by atoms with E-state index in [1.54, 1.807) is 0 Å². The molecule has 0 aromatic heterocycles. The maximum Gasteiger partial charge on any atom is 0.311 e. The zero-order valence-electron chi connectivity index (χ0n) is 9.89. The number of nitro groups is 1. The Kier molecular flexibility index (Phi) is 4.09. The van der Waals surface area contributed by atoms with Crippen molar-refractivity contribution in [2.45, 2.75) is 12.8 Å². The highest BCUT2D eigenvalue weighted by Crippen LogP contribution is 2.27. The maximum atomic E-state index is 13.0. The van der Waals surface area contributed by atoms with Crippen LogP contribution >= 0.6 is 0 Å². The van der Waals surface area contributed by atoms with Crippen molar-refractivity contribution in [1.29, 1.82) is 0 Å². The predicted octanol–water partition coefficient (Wildman–Crippen LogP) is 2.11. The van der Waals surface area contributed by atoms with E-state index in [4.69, 9.17) is 4.74 Å². The summed E-state index contributed by atoms with van der Waals surface area (Å²) in [4.78, 5) is 10.2. The highest BCUT2D eigenvalue weighted by atomic mass is 19.1. The van der Waals surface area contributed by atoms with Crippen molar-refractivity contribution in [3.63, 3.8) is 0 Å². The molecule has 0 amide bonds. The minimum Gasteiger partial charge on any atom is -0.487 e. The van der Waals surface area contributed by atoms with Gasteiger partial charge in [-0.05, 0) is 37.9 Å². The Morgan fingerprint density at radius 3 is 3.06 bits per heavy atom. The summed E-state index contributed by atoms with van der Waals surface area (Å²) in [7, 11) is 0. The van der Waals surface area contributed by atoms with E-state index in [1.807, 2.05) is 0 Å². The molecule has 1 N–H and O–H groups in total. The van der Waals surface area contributed by atoms with E-state index in [1.165, 1.54) is 0 Å². The second-order valence-electron chi connectivity index (χ2n) is 4.37. The lowest BCUT2D eigenvalue weighted by atomic mass is 10.1. The molecule has 0 radical (unpaired) electrons. The molecule has 0 saturated carbocycles. The van der Waals surface area contributed by atoms with Crippen LogP contribution in [0, 0.1) is 21.8 Å². The maximum absolute atomic E-state index is 13.0. The average Bonchev–Trinajstić information content (AvgIpc) is 2.82. The summed E-state index contributed by atoms with van der Waals surface area (Å²) in [5, 5.41) is 14.0. The number of ether oxygens (including phenoxy) is 1. The lowest BCUT2D eigenvalue weighted by molar-refractivity contribution is -0.385. The van der Waals surface area contributed by atoms with Gasteiger partial charge >= 0.3 is 5.69 Å². The van der Waals surface area contributed by atoms with Crippen LogP contribution in [0.1, 0.15) is 12.8 Å². The van der Waals surface area contributed by atoms with Gasteiger partial charge in [0.25, 0.3) is 0 Å². The zero-order chi connectivity index (χ0) is 13.0. The molecular weight excluding hydrogens is 239 g/mol. The molecule has 1 aliphatic heterocycles. The van der Waals surface area contributed by atoms with Crippen molar-refractivity contribution in [3.05, 3.63) is 34.1 Å². The van der Waals surface area contributed by atoms with Gasteiger partial charge in [-0.1, -0.05) is 0 Å². The van der Waals surface area contributed by atoms with E-state index in [9.17, 15) is 14.5 Å². The van der Waals surface area contributed by atoms with Crippen LogP contribution in [0.5, 0.6) is 5.75 Å². The van der Waals surface area contributed by atoms with Gasteiger partial charge in [0.2, 0.25) is 0 Å². The predicted molar refractivity (Wildman–Crippen MR) is 64.1 cm³/mol. The molecule has 98 valence electrons. The van der Waals surface area contributed by atoms with E-state index in [-0.39, 0.29) is 11.4 Å². The van der Waals surface area contributed by atoms with Crippen molar-refractivity contribution in [1.82, 2.24) is 5.32 Å². The molecule has 0 aliphatic carbocycles. The second kappa shape index (κ2) is 5.77. The van der Waals surface area contributed by atoms with Crippen LogP contribution in [0.25, 0.3) is 0 Å². The summed E-state index contributed by atoms with van der Waals surface area (Å²) in [5.74, 6) is 0.0155. The molecule has 2 rings (SSSR count). The Morgan fingerprint density at radius 2 is 2.39 bits per heavy atom. The Balaban J connectivity index is 1.94. The van der Waals surface area contributed by atoms with E-state index in [0.29, 0.717) is 12.5 Å². The highest BCUT2D eigenvalue weighted by molar-refractivity contribution is 5.46. The molecule has 1 aliphatic rings. The van der Waals surface area contributed by atoms with Gasteiger partial charge in [-0.25, -0.2) is 4.39 Å². The molecule has 1 heterocycles. The molecular formula is C12H15FN2O3. The van der Waals surface area contributed by atoms with E-state index >= 15 is 0 Å². The lowest BCUT2D eigenvalue weighted by Crippen LogP contribution is -2.12. The SMILES string of the molecule is O=[N+]([O-])c1ccc(F)cc1OCCC1CCNC1. The van der Waals surface area contributed by atoms with Gasteiger partial charge in [-0.3, -0.25) is 10.1 Å². The third-order valence-corrected chi connectivity index (χ3v) is 3.06. The van der Waals surface area contributed by atoms with Crippen molar-refractivity contribution in [3.8, 4) is 5.75 Å². The van der Waals surface area contributed by atoms with Crippen LogP contribution in [0.2, 0.25) is 0 Å². The van der Waals surface area contributed by atoms with Crippen LogP contribution < -0.4 is 10.1 Å². The van der Waals surface area contributed by atoms with Crippen LogP contribution in [-0.2, 0) is 0 Å². The van der Waals surface area contributed by atoms with Crippen molar-refractivity contribution in [2.75, 3.05) is 19.7 Å². The number of halogens is 1. The van der Waals surface area contributed by atoms with Gasteiger partial charge in [-0.2, -0.15) is 0 Å². The van der Waals surface area contributed by atoms with Gasteiger partial charge < -0.3 is 10.1 Å². The minimum absolute atomic E-state index is 0.00551. The smallest absolute Gasteiger partial charge is 0.311 e. The number of nitrogens with zero attached hydrogens (tertiary/aromatic N) is 1. The first kappa shape index (κ1) is 12.8. The topological polar surface area (TPSA) is 64.4 Å². The Bertz CT molecular complexity index is 433. The standard InChI is InChI=1S/C12H15FN2O3/c13-10-1-2-11(15(16)17)12(7-10)18-6-4-9-3-5-14-8-9/h1-2,7,9,14H,3-6,8H2. The molecule has 1 fully saturated rings. The molecule has 1 atom stereocenters. The van der Waals surface area contributed by atoms with Crippen molar-refractivity contribution in [2.24, 2.45) is 5.92 Å². The van der Waals surface area contributed by atoms with Gasteiger partial charge in [0.15, 0.2) is 5.75 Å². The molecule has 1 saturated heterocycles. The highest BCUT2D eigenvalue weighted by Gasteiger charge is 2.18. The van der Waals surface area contributed by atoms with Gasteiger partial charge in [-0.15, -0.1) is 0 Å². The number of hydrogen-bond donors (Lipinski definition) is 1. The fourth-order valence-corrected chi connectivity index (χ4v) is 2.05. The Labute approximate surface area is 104 Å². The molecule has 1 aromatic carbocycles. The third kappa shape index (κ3) is 3.16. The largest absolute Gasteiger partial charge is 0.487 e. The summed E-state index contributed by atoms with van der Waals surface area (Å²) in [6.07, 6.45) is 1.91. The molecule has 0 bridgehead atoms. The summed E-state index contributed by atoms with van der Waals surface area (Å²) >= 11 is 0. The van der Waals surface area contributed by atoms with Crippen LogP contribution in [-0.4, -0.2) is 24.6 Å². The fourth-order valence-electron chi connectivity index (χ4n) is 2.05. The summed E-state index contributed by atoms with van der Waals surface area (Å²) in [6, 6.07) is 3.25. The summed E-state index contributed by atoms with van der Waals surface area (Å²) in [5.41, 5.74) is -0.194. The molecule has 6 heteroatoms. The molecule has 0 spiro atoms. The van der Waals surface area contributed by atoms with Crippen LogP contribution in [0.15, 0.2) is 18.2 Å². The van der Waals surface area contributed by atoms with Crippen molar-refractivity contribution < 1.29 is 14.1 Å². The van der Waals surface area contributed by atoms with E-state index < -0.39 is 10.7 Å². The average molecular weight is 254 g/mol. The van der Waals surface area contributed by atoms with E-state index in [2.05, 4.69) is 5.32 Å². The Morgan fingerprint density at radius 1 is 1.56 bits per heavy atom. The number of benzene rings is 1. The number of nitro benzene ring substituents is 1. The Hall–Kier alpha value is -1.69. The molecule has 1 unspecified atom stereocenters. The minimum atomic E-state index is -0.564. The number of hydrogen-bond acceptors (Lipinski definition) is 4. The van der Waals surface area contributed by atoms with Gasteiger partial charge in [0.1, 0.15) is 5.82 Å². The van der Waals surface area contributed by atoms with Crippen molar-refractivity contribution >= 4 is 5.69 Å². The second-order valence-corrected chi connectivity index (χ2v) is 4.37. The first-order chi connectivity index (χ1) is 8.66. The monoisotopic (exact) mass is 254 g/mol. The zero-order valence-corrected chi connectivity index (χ0v) is 9.89. The van der Waals surface area contributed by atoms with E-state index in [0.717, 1.165) is 44.1 Å². The summed E-state index contributed by atoms with van der Waals surface area (Å²) < 4.78 is 18.4. The van der Waals surface area contributed by atoms with Gasteiger partial charge in [0, 0.05) is 12.1 Å².